The van der Waals surface area contributed by atoms with E-state index in [1.807, 2.05) is 13.8 Å². The van der Waals surface area contributed by atoms with Crippen molar-refractivity contribution in [3.8, 4) is 0 Å². The fraction of sp³-hybridized carbons (Fsp3) is 0.800. The highest BCUT2D eigenvalue weighted by atomic mass is 16.3. The maximum absolute atomic E-state index is 9.79. The molecule has 3 atom stereocenters. The number of allylic oxidation sites excluding steroid dienone is 1. The van der Waals surface area contributed by atoms with Crippen LogP contribution in [0.4, 0.5) is 0 Å². The Morgan fingerprint density at radius 2 is 2.25 bits per heavy atom. The molecule has 2 heteroatoms. The van der Waals surface area contributed by atoms with Crippen LogP contribution in [0, 0.1) is 5.92 Å². The van der Waals surface area contributed by atoms with Gasteiger partial charge < -0.3 is 10.8 Å². The molecule has 70 valence electrons. The summed E-state index contributed by atoms with van der Waals surface area (Å²) in [5.74, 6) is 0.514. The molecule has 0 amide bonds. The number of hydrogen-bond donors (Lipinski definition) is 2. The molecule has 0 unspecified atom stereocenters. The Morgan fingerprint density at radius 1 is 1.67 bits per heavy atom. The van der Waals surface area contributed by atoms with Crippen molar-refractivity contribution in [3.63, 3.8) is 0 Å². The largest absolute Gasteiger partial charge is 0.389 e. The lowest BCUT2D eigenvalue weighted by Crippen LogP contribution is -2.50. The highest BCUT2D eigenvalue weighted by molar-refractivity contribution is 5.03. The van der Waals surface area contributed by atoms with Crippen molar-refractivity contribution in [3.05, 3.63) is 12.2 Å². The molecule has 1 rings (SSSR count). The first-order valence-corrected chi connectivity index (χ1v) is 4.57. The molecule has 0 heterocycles. The molecule has 1 aliphatic carbocycles. The summed E-state index contributed by atoms with van der Waals surface area (Å²) in [4.78, 5) is 0. The van der Waals surface area contributed by atoms with Crippen molar-refractivity contribution in [2.45, 2.75) is 44.8 Å². The van der Waals surface area contributed by atoms with Gasteiger partial charge in [0.15, 0.2) is 0 Å². The van der Waals surface area contributed by atoms with Gasteiger partial charge in [0.05, 0.1) is 5.60 Å². The van der Waals surface area contributed by atoms with Crippen LogP contribution in [0.1, 0.15) is 33.1 Å². The Kier molecular flexibility index (Phi) is 2.59. The van der Waals surface area contributed by atoms with Crippen LogP contribution in [-0.2, 0) is 0 Å². The smallest absolute Gasteiger partial charge is 0.0770 e. The lowest BCUT2D eigenvalue weighted by atomic mass is 9.74. The number of aliphatic hydroxyl groups is 1. The first kappa shape index (κ1) is 9.75. The van der Waals surface area contributed by atoms with Gasteiger partial charge in [0, 0.05) is 6.04 Å². The summed E-state index contributed by atoms with van der Waals surface area (Å²) < 4.78 is 0. The van der Waals surface area contributed by atoms with E-state index in [1.165, 1.54) is 5.57 Å². The zero-order valence-corrected chi connectivity index (χ0v) is 8.01. The van der Waals surface area contributed by atoms with Crippen LogP contribution in [0.3, 0.4) is 0 Å². The van der Waals surface area contributed by atoms with Crippen LogP contribution >= 0.6 is 0 Å². The average Bonchev–Trinajstić information content (AvgIpc) is 1.94. The molecule has 0 aromatic heterocycles. The highest BCUT2D eigenvalue weighted by Gasteiger charge is 2.35. The van der Waals surface area contributed by atoms with E-state index in [2.05, 4.69) is 6.58 Å². The van der Waals surface area contributed by atoms with E-state index in [0.29, 0.717) is 5.92 Å². The fourth-order valence-electron chi connectivity index (χ4n) is 1.78. The summed E-state index contributed by atoms with van der Waals surface area (Å²) in [6.45, 7) is 7.79. The van der Waals surface area contributed by atoms with Gasteiger partial charge in [0.1, 0.15) is 0 Å². The maximum atomic E-state index is 9.79. The summed E-state index contributed by atoms with van der Waals surface area (Å²) in [7, 11) is 0. The molecular formula is C10H19NO. The second-order valence-corrected chi connectivity index (χ2v) is 4.28. The highest BCUT2D eigenvalue weighted by Crippen LogP contribution is 2.33. The van der Waals surface area contributed by atoms with Crippen molar-refractivity contribution in [1.82, 2.24) is 0 Å². The van der Waals surface area contributed by atoms with E-state index in [1.54, 1.807) is 0 Å². The van der Waals surface area contributed by atoms with Crippen molar-refractivity contribution >= 4 is 0 Å². The molecule has 1 fully saturated rings. The third-order valence-electron chi connectivity index (χ3n) is 3.03. The van der Waals surface area contributed by atoms with E-state index in [9.17, 15) is 5.11 Å². The van der Waals surface area contributed by atoms with Crippen LogP contribution in [0.5, 0.6) is 0 Å². The molecule has 0 saturated heterocycles. The van der Waals surface area contributed by atoms with Gasteiger partial charge in [-0.3, -0.25) is 0 Å². The molecule has 0 aliphatic heterocycles. The van der Waals surface area contributed by atoms with E-state index in [0.717, 1.165) is 19.3 Å². The zero-order chi connectivity index (χ0) is 9.35. The average molecular weight is 169 g/mol. The number of rotatable bonds is 1. The van der Waals surface area contributed by atoms with E-state index in [-0.39, 0.29) is 6.04 Å². The first-order valence-electron chi connectivity index (χ1n) is 4.57. The maximum Gasteiger partial charge on any atom is 0.0770 e. The van der Waals surface area contributed by atoms with Gasteiger partial charge in [0.25, 0.3) is 0 Å². The molecule has 0 aromatic rings. The number of hydrogen-bond acceptors (Lipinski definition) is 2. The monoisotopic (exact) mass is 169 g/mol. The lowest BCUT2D eigenvalue weighted by Gasteiger charge is -2.38. The van der Waals surface area contributed by atoms with Gasteiger partial charge in [-0.1, -0.05) is 12.2 Å². The minimum absolute atomic E-state index is 0.0899. The van der Waals surface area contributed by atoms with E-state index < -0.39 is 5.60 Å². The summed E-state index contributed by atoms with van der Waals surface area (Å²) >= 11 is 0. The summed E-state index contributed by atoms with van der Waals surface area (Å²) in [5, 5.41) is 9.79. The topological polar surface area (TPSA) is 46.2 Å². The second kappa shape index (κ2) is 3.19. The van der Waals surface area contributed by atoms with Crippen LogP contribution in [0.2, 0.25) is 0 Å². The molecule has 2 nitrogen and oxygen atoms in total. The standard InChI is InChI=1S/C10H19NO/c1-7(2)8-4-5-10(3,12)9(11)6-8/h8-9,12H,1,4-6,11H2,2-3H3/t8-,9-,10-/m0/s1. The molecule has 0 radical (unpaired) electrons. The molecule has 1 aliphatic rings. The minimum atomic E-state index is -0.661. The minimum Gasteiger partial charge on any atom is -0.389 e. The van der Waals surface area contributed by atoms with Gasteiger partial charge in [-0.15, -0.1) is 0 Å². The Hall–Kier alpha value is -0.340. The lowest BCUT2D eigenvalue weighted by molar-refractivity contribution is -0.00644. The normalized spacial score (nSPS) is 42.7. The van der Waals surface area contributed by atoms with Crippen molar-refractivity contribution in [2.24, 2.45) is 11.7 Å². The first-order chi connectivity index (χ1) is 5.43. The third-order valence-corrected chi connectivity index (χ3v) is 3.03. The van der Waals surface area contributed by atoms with Gasteiger partial charge in [-0.25, -0.2) is 0 Å². The third kappa shape index (κ3) is 1.87. The summed E-state index contributed by atoms with van der Waals surface area (Å²) in [6.07, 6.45) is 2.70. The molecule has 0 aromatic carbocycles. The van der Waals surface area contributed by atoms with Crippen LogP contribution < -0.4 is 5.73 Å². The molecule has 0 spiro atoms. The van der Waals surface area contributed by atoms with Crippen LogP contribution in [0.25, 0.3) is 0 Å². The van der Waals surface area contributed by atoms with Gasteiger partial charge in [-0.05, 0) is 39.0 Å². The molecule has 0 bridgehead atoms. The Labute approximate surface area is 74.5 Å². The second-order valence-electron chi connectivity index (χ2n) is 4.28. The van der Waals surface area contributed by atoms with Crippen molar-refractivity contribution in [1.29, 1.82) is 0 Å². The number of nitrogens with two attached hydrogens (primary N) is 1. The van der Waals surface area contributed by atoms with Gasteiger partial charge in [0.2, 0.25) is 0 Å². The predicted molar refractivity (Wildman–Crippen MR) is 50.8 cm³/mol. The van der Waals surface area contributed by atoms with Crippen molar-refractivity contribution in [2.75, 3.05) is 0 Å². The molecule has 3 N–H and O–H groups in total. The Balaban J connectivity index is 2.58. The molecular weight excluding hydrogens is 150 g/mol. The predicted octanol–water partition coefficient (Wildman–Crippen LogP) is 1.44. The Morgan fingerprint density at radius 3 is 2.67 bits per heavy atom. The van der Waals surface area contributed by atoms with Crippen LogP contribution in [-0.4, -0.2) is 16.7 Å². The quantitative estimate of drug-likeness (QED) is 0.583. The Bertz CT molecular complexity index is 186. The van der Waals surface area contributed by atoms with E-state index in [4.69, 9.17) is 5.73 Å². The van der Waals surface area contributed by atoms with Crippen LogP contribution in [0.15, 0.2) is 12.2 Å². The summed E-state index contributed by atoms with van der Waals surface area (Å²) in [5.41, 5.74) is 6.38. The fourth-order valence-corrected chi connectivity index (χ4v) is 1.78. The van der Waals surface area contributed by atoms with Gasteiger partial charge >= 0.3 is 0 Å². The SMILES string of the molecule is C=C(C)[C@H]1CC[C@](C)(O)[C@@H](N)C1. The van der Waals surface area contributed by atoms with Crippen molar-refractivity contribution < 1.29 is 5.11 Å². The molecule has 1 saturated carbocycles. The zero-order valence-electron chi connectivity index (χ0n) is 8.01. The van der Waals surface area contributed by atoms with Gasteiger partial charge in [-0.2, -0.15) is 0 Å². The molecule has 12 heavy (non-hydrogen) atoms. The van der Waals surface area contributed by atoms with E-state index >= 15 is 0 Å². The summed E-state index contributed by atoms with van der Waals surface area (Å²) in [6, 6.07) is -0.0899.